The zero-order chi connectivity index (χ0) is 29.5. The van der Waals surface area contributed by atoms with Gasteiger partial charge in [-0.05, 0) is 59.3 Å². The minimum absolute atomic E-state index is 0.151. The zero-order valence-electron chi connectivity index (χ0n) is 23.8. The van der Waals surface area contributed by atoms with Gasteiger partial charge in [0.05, 0.1) is 16.3 Å². The molecular weight excluding hydrogens is 557 g/mol. The first-order chi connectivity index (χ1) is 20.2. The van der Waals surface area contributed by atoms with E-state index >= 15 is 0 Å². The highest BCUT2D eigenvalue weighted by Gasteiger charge is 2.40. The average Bonchev–Trinajstić information content (AvgIpc) is 3.39. The molecule has 0 spiro atoms. The van der Waals surface area contributed by atoms with Crippen molar-refractivity contribution in [1.82, 2.24) is 9.78 Å². The Morgan fingerprint density at radius 1 is 0.881 bits per heavy atom. The summed E-state index contributed by atoms with van der Waals surface area (Å²) in [5, 5.41) is 5.13. The zero-order valence-corrected chi connectivity index (χ0v) is 25.5. The maximum absolute atomic E-state index is 13.1. The molecule has 0 saturated carbocycles. The number of hydrogen-bond acceptors (Lipinski definition) is 4. The fourth-order valence-electron chi connectivity index (χ4n) is 5.53. The molecule has 0 bridgehead atoms. The minimum Gasteiger partial charge on any atom is -0.458 e. The molecule has 2 heterocycles. The Morgan fingerprint density at radius 3 is 2.17 bits per heavy atom. The molecule has 4 aromatic carbocycles. The van der Waals surface area contributed by atoms with E-state index in [2.05, 4.69) is 79.7 Å². The molecule has 1 aromatic heterocycles. The Balaban J connectivity index is 1.36. The molecular formula is C35H32N3O2PS. The van der Waals surface area contributed by atoms with Gasteiger partial charge in [-0.25, -0.2) is 4.68 Å². The molecule has 42 heavy (non-hydrogen) atoms. The molecule has 1 aliphatic rings. The Morgan fingerprint density at radius 2 is 1.50 bits per heavy atom. The van der Waals surface area contributed by atoms with Crippen LogP contribution in [0.4, 0.5) is 5.69 Å². The van der Waals surface area contributed by atoms with E-state index in [1.165, 1.54) is 15.9 Å². The Labute approximate surface area is 250 Å². The lowest BCUT2D eigenvalue weighted by molar-refractivity contribution is 0.619. The van der Waals surface area contributed by atoms with Gasteiger partial charge in [0.1, 0.15) is 5.75 Å². The van der Waals surface area contributed by atoms with Crippen LogP contribution >= 0.6 is 6.26 Å². The molecule has 0 radical (unpaired) electrons. The largest absolute Gasteiger partial charge is 0.458 e. The van der Waals surface area contributed by atoms with Crippen LogP contribution in [0.1, 0.15) is 25.0 Å². The van der Waals surface area contributed by atoms with Crippen LogP contribution in [0.3, 0.4) is 0 Å². The van der Waals surface area contributed by atoms with Gasteiger partial charge in [0.15, 0.2) is 6.26 Å². The summed E-state index contributed by atoms with van der Waals surface area (Å²) in [7, 11) is 2.10. The summed E-state index contributed by atoms with van der Waals surface area (Å²) in [5.74, 6) is 2.86. The summed E-state index contributed by atoms with van der Waals surface area (Å²) in [5.41, 5.74) is 4.84. The SMILES string of the molecule is C=c1[nH]n(-c2ccccc2)c(=O)/c1=C/c1ccc(O[P@](=S)(/C=C2/N(C)c3ccccc3C2(C)C)c2ccccc2)cc1. The highest BCUT2D eigenvalue weighted by atomic mass is 32.4. The van der Waals surface area contributed by atoms with Gasteiger partial charge in [-0.2, -0.15) is 0 Å². The second kappa shape index (κ2) is 10.8. The second-order valence-electron chi connectivity index (χ2n) is 10.9. The Bertz CT molecular complexity index is 2010. The summed E-state index contributed by atoms with van der Waals surface area (Å²) in [4.78, 5) is 15.4. The fourth-order valence-corrected chi connectivity index (χ4v) is 8.60. The van der Waals surface area contributed by atoms with Gasteiger partial charge in [-0.15, -0.1) is 0 Å². The number of allylic oxidation sites excluding steroid dienone is 1. The van der Waals surface area contributed by atoms with Crippen LogP contribution in [0.5, 0.6) is 5.75 Å². The molecule has 210 valence electrons. The van der Waals surface area contributed by atoms with Gasteiger partial charge in [-0.3, -0.25) is 9.89 Å². The predicted octanol–water partition coefficient (Wildman–Crippen LogP) is 5.77. The van der Waals surface area contributed by atoms with Crippen molar-refractivity contribution in [2.75, 3.05) is 11.9 Å². The van der Waals surface area contributed by atoms with E-state index < -0.39 is 6.26 Å². The van der Waals surface area contributed by atoms with Crippen molar-refractivity contribution in [1.29, 1.82) is 0 Å². The molecule has 5 nitrogen and oxygen atoms in total. The van der Waals surface area contributed by atoms with E-state index in [1.807, 2.05) is 78.9 Å². The molecule has 1 aliphatic heterocycles. The summed E-state index contributed by atoms with van der Waals surface area (Å²) in [6.07, 6.45) is -0.825. The molecule has 0 amide bonds. The number of aromatic amines is 1. The van der Waals surface area contributed by atoms with E-state index in [1.54, 1.807) is 0 Å². The number of fused-ring (bicyclic) bond motifs is 1. The number of H-pyrrole nitrogens is 1. The third-order valence-corrected chi connectivity index (χ3v) is 11.1. The van der Waals surface area contributed by atoms with Gasteiger partial charge >= 0.3 is 0 Å². The standard InChI is InChI=1S/C35H32N3O2PS/c1-25-30(34(39)38(36-25)27-13-7-5-8-14-27)23-26-19-21-28(22-20-26)40-41(42,29-15-9-6-10-16-29)24-33-35(2,3)31-17-11-12-18-32(31)37(33)4/h5-24,36H,1H2,2-4H3/b30-23+,33-24+/t41-/m0/s1. The summed E-state index contributed by atoms with van der Waals surface area (Å²) in [6.45, 7) is 8.53. The number of likely N-dealkylation sites (N-methyl/N-ethyl adjacent to an activating group) is 1. The second-order valence-corrected chi connectivity index (χ2v) is 14.7. The topological polar surface area (TPSA) is 50.3 Å². The Kier molecular flexibility index (Phi) is 7.14. The van der Waals surface area contributed by atoms with Crippen LogP contribution < -0.4 is 30.9 Å². The molecule has 6 rings (SSSR count). The molecule has 0 saturated heterocycles. The van der Waals surface area contributed by atoms with Crippen molar-refractivity contribution >= 4 is 41.7 Å². The van der Waals surface area contributed by atoms with Crippen molar-refractivity contribution in [3.8, 4) is 11.4 Å². The smallest absolute Gasteiger partial charge is 0.279 e. The average molecular weight is 590 g/mol. The molecule has 7 heteroatoms. The lowest BCUT2D eigenvalue weighted by Gasteiger charge is -2.28. The van der Waals surface area contributed by atoms with Crippen molar-refractivity contribution < 1.29 is 4.52 Å². The highest BCUT2D eigenvalue weighted by molar-refractivity contribution is 8.17. The third-order valence-electron chi connectivity index (χ3n) is 7.80. The van der Waals surface area contributed by atoms with Gasteiger partial charge in [0.2, 0.25) is 0 Å². The van der Waals surface area contributed by atoms with Crippen LogP contribution in [0.15, 0.2) is 126 Å². The molecule has 5 aromatic rings. The quantitative estimate of drug-likeness (QED) is 0.256. The first-order valence-corrected chi connectivity index (χ1v) is 16.5. The molecule has 1 N–H and O–H groups in total. The van der Waals surface area contributed by atoms with Crippen LogP contribution in [-0.4, -0.2) is 16.8 Å². The van der Waals surface area contributed by atoms with Crippen LogP contribution in [0, 0.1) is 0 Å². The van der Waals surface area contributed by atoms with Gasteiger partial charge in [0, 0.05) is 35.0 Å². The summed E-state index contributed by atoms with van der Waals surface area (Å²) < 4.78 is 8.24. The number of aromatic nitrogens is 2. The number of nitrogens with one attached hydrogen (secondary N) is 1. The normalized spacial score (nSPS) is 16.8. The number of anilines is 1. The monoisotopic (exact) mass is 589 g/mol. The molecule has 0 aliphatic carbocycles. The predicted molar refractivity (Wildman–Crippen MR) is 178 cm³/mol. The lowest BCUT2D eigenvalue weighted by Crippen LogP contribution is -2.33. The van der Waals surface area contributed by atoms with E-state index in [0.717, 1.165) is 22.3 Å². The van der Waals surface area contributed by atoms with E-state index in [9.17, 15) is 4.79 Å². The van der Waals surface area contributed by atoms with Crippen LogP contribution in [-0.2, 0) is 17.2 Å². The van der Waals surface area contributed by atoms with Crippen LogP contribution in [0.2, 0.25) is 0 Å². The number of nitrogens with zero attached hydrogens (tertiary/aromatic N) is 2. The number of para-hydroxylation sites is 2. The first-order valence-electron chi connectivity index (χ1n) is 13.8. The fraction of sp³-hybridized carbons (Fsp3) is 0.114. The highest BCUT2D eigenvalue weighted by Crippen LogP contribution is 2.55. The molecule has 1 atom stereocenters. The molecule has 0 unspecified atom stereocenters. The summed E-state index contributed by atoms with van der Waals surface area (Å²) >= 11 is 6.40. The van der Waals surface area contributed by atoms with Crippen molar-refractivity contribution in [2.24, 2.45) is 0 Å². The number of rotatable bonds is 6. The van der Waals surface area contributed by atoms with Crippen LogP contribution in [0.25, 0.3) is 18.3 Å². The summed E-state index contributed by atoms with van der Waals surface area (Å²) in [6, 6.07) is 35.8. The third kappa shape index (κ3) is 4.98. The minimum atomic E-state index is -2.67. The lowest BCUT2D eigenvalue weighted by atomic mass is 9.84. The van der Waals surface area contributed by atoms with Crippen molar-refractivity contribution in [2.45, 2.75) is 19.3 Å². The van der Waals surface area contributed by atoms with E-state index in [-0.39, 0.29) is 11.0 Å². The maximum Gasteiger partial charge on any atom is 0.279 e. The van der Waals surface area contributed by atoms with E-state index in [0.29, 0.717) is 16.3 Å². The number of hydrogen-bond donors (Lipinski definition) is 1. The Hall–Kier alpha value is -4.38. The van der Waals surface area contributed by atoms with E-state index in [4.69, 9.17) is 16.3 Å². The van der Waals surface area contributed by atoms with Gasteiger partial charge in [0.25, 0.3) is 5.56 Å². The van der Waals surface area contributed by atoms with Gasteiger partial charge < -0.3 is 9.42 Å². The first kappa shape index (κ1) is 27.8. The molecule has 0 fully saturated rings. The maximum atomic E-state index is 13.1. The van der Waals surface area contributed by atoms with Gasteiger partial charge in [-0.1, -0.05) is 99.3 Å². The van der Waals surface area contributed by atoms with Crippen molar-refractivity contribution in [3.63, 3.8) is 0 Å². The number of benzene rings is 4. The van der Waals surface area contributed by atoms with Crippen molar-refractivity contribution in [3.05, 3.63) is 153 Å².